The average molecular weight is 353 g/mol. The molecule has 0 bridgehead atoms. The Hall–Kier alpha value is -1.40. The lowest BCUT2D eigenvalue weighted by molar-refractivity contribution is 0.413. The van der Waals surface area contributed by atoms with Crippen LogP contribution in [0.5, 0.6) is 5.75 Å². The molecule has 0 radical (unpaired) electrons. The summed E-state index contributed by atoms with van der Waals surface area (Å²) < 4.78 is 8.34. The van der Waals surface area contributed by atoms with Gasteiger partial charge in [-0.25, -0.2) is 4.68 Å². The van der Waals surface area contributed by atoms with E-state index < -0.39 is 0 Å². The molecule has 2 rings (SSSR count). The van der Waals surface area contributed by atoms with Gasteiger partial charge in [-0.2, -0.15) is 0 Å². The number of nitrogens with one attached hydrogen (secondary N) is 1. The molecule has 6 heteroatoms. The van der Waals surface area contributed by atoms with Gasteiger partial charge in [0.05, 0.1) is 25.0 Å². The topological polar surface area (TPSA) is 52.0 Å². The largest absolute Gasteiger partial charge is 0.497 e. The molecule has 0 aliphatic rings. The van der Waals surface area contributed by atoms with E-state index in [9.17, 15) is 0 Å². The summed E-state index contributed by atoms with van der Waals surface area (Å²) in [7, 11) is 1.68. The van der Waals surface area contributed by atoms with Gasteiger partial charge in [-0.3, -0.25) is 0 Å². The number of hydrogen-bond acceptors (Lipinski definition) is 4. The van der Waals surface area contributed by atoms with E-state index in [2.05, 4.69) is 45.4 Å². The van der Waals surface area contributed by atoms with Gasteiger partial charge in [0, 0.05) is 11.0 Å². The predicted molar refractivity (Wildman–Crippen MR) is 86.5 cm³/mol. The molecule has 114 valence electrons. The van der Waals surface area contributed by atoms with Crippen molar-refractivity contribution < 1.29 is 4.74 Å². The van der Waals surface area contributed by atoms with Crippen LogP contribution in [0, 0.1) is 0 Å². The van der Waals surface area contributed by atoms with Gasteiger partial charge in [0.2, 0.25) is 0 Å². The van der Waals surface area contributed by atoms with Gasteiger partial charge in [-0.05, 0) is 36.7 Å². The molecule has 2 aromatic rings. The summed E-state index contributed by atoms with van der Waals surface area (Å²) in [5.41, 5.74) is 2.18. The van der Waals surface area contributed by atoms with Gasteiger partial charge >= 0.3 is 0 Å². The molecule has 1 N–H and O–H groups in total. The number of methoxy groups -OCH3 is 1. The number of nitrogens with zero attached hydrogens (tertiary/aromatic N) is 3. The summed E-state index contributed by atoms with van der Waals surface area (Å²) in [6, 6.07) is 6.02. The molecular weight excluding hydrogens is 332 g/mol. The summed E-state index contributed by atoms with van der Waals surface area (Å²) in [4.78, 5) is 0. The van der Waals surface area contributed by atoms with E-state index in [0.717, 1.165) is 41.0 Å². The van der Waals surface area contributed by atoms with Crippen molar-refractivity contribution in [2.24, 2.45) is 0 Å². The molecule has 0 aliphatic heterocycles. The minimum absolute atomic E-state index is 0.0287. The number of hydrogen-bond donors (Lipinski definition) is 1. The molecule has 0 fully saturated rings. The number of rotatable bonds is 7. The van der Waals surface area contributed by atoms with E-state index in [0.29, 0.717) is 0 Å². The Bertz CT molecular complexity index is 585. The van der Waals surface area contributed by atoms with Crippen LogP contribution in [0.3, 0.4) is 0 Å². The Kier molecular flexibility index (Phi) is 5.76. The van der Waals surface area contributed by atoms with Gasteiger partial charge in [0.15, 0.2) is 0 Å². The SMILES string of the molecule is CCCn1nncc1C(NCC)c1cc(OC)ccc1Br. The first-order valence-electron chi connectivity index (χ1n) is 7.16. The fourth-order valence-corrected chi connectivity index (χ4v) is 2.80. The number of aromatic nitrogens is 3. The first-order valence-corrected chi connectivity index (χ1v) is 7.95. The van der Waals surface area contributed by atoms with Crippen LogP contribution in [0.25, 0.3) is 0 Å². The van der Waals surface area contributed by atoms with Crippen LogP contribution >= 0.6 is 15.9 Å². The Balaban J connectivity index is 2.45. The third-order valence-corrected chi connectivity index (χ3v) is 4.02. The highest BCUT2D eigenvalue weighted by Gasteiger charge is 2.21. The molecule has 0 saturated carbocycles. The van der Waals surface area contributed by atoms with Crippen molar-refractivity contribution in [2.75, 3.05) is 13.7 Å². The van der Waals surface area contributed by atoms with E-state index in [-0.39, 0.29) is 6.04 Å². The van der Waals surface area contributed by atoms with E-state index in [1.165, 1.54) is 0 Å². The Morgan fingerprint density at radius 3 is 2.86 bits per heavy atom. The van der Waals surface area contributed by atoms with Crippen molar-refractivity contribution in [3.8, 4) is 5.75 Å². The van der Waals surface area contributed by atoms with Crippen molar-refractivity contribution in [3.63, 3.8) is 0 Å². The van der Waals surface area contributed by atoms with Crippen molar-refractivity contribution in [1.82, 2.24) is 20.3 Å². The molecule has 0 amide bonds. The molecule has 1 atom stereocenters. The van der Waals surface area contributed by atoms with Crippen LogP contribution in [0.2, 0.25) is 0 Å². The molecule has 5 nitrogen and oxygen atoms in total. The van der Waals surface area contributed by atoms with Gasteiger partial charge < -0.3 is 10.1 Å². The Labute approximate surface area is 133 Å². The lowest BCUT2D eigenvalue weighted by Crippen LogP contribution is -2.25. The average Bonchev–Trinajstić information content (AvgIpc) is 2.94. The molecular formula is C15H21BrN4O. The lowest BCUT2D eigenvalue weighted by atomic mass is 10.0. The number of halogens is 1. The fourth-order valence-electron chi connectivity index (χ4n) is 2.32. The number of benzene rings is 1. The molecule has 0 saturated heterocycles. The third kappa shape index (κ3) is 3.63. The molecule has 1 unspecified atom stereocenters. The van der Waals surface area contributed by atoms with Gasteiger partial charge in [-0.15, -0.1) is 5.10 Å². The van der Waals surface area contributed by atoms with Crippen LogP contribution < -0.4 is 10.1 Å². The maximum absolute atomic E-state index is 5.35. The second-order valence-electron chi connectivity index (χ2n) is 4.76. The maximum atomic E-state index is 5.35. The maximum Gasteiger partial charge on any atom is 0.119 e. The number of ether oxygens (including phenoxy) is 1. The van der Waals surface area contributed by atoms with Gasteiger partial charge in [0.1, 0.15) is 5.75 Å². The molecule has 1 aromatic heterocycles. The zero-order valence-corrected chi connectivity index (χ0v) is 14.2. The fraction of sp³-hybridized carbons (Fsp3) is 0.467. The summed E-state index contributed by atoms with van der Waals surface area (Å²) in [5, 5.41) is 11.8. The van der Waals surface area contributed by atoms with Gasteiger partial charge in [0.25, 0.3) is 0 Å². The second-order valence-corrected chi connectivity index (χ2v) is 5.61. The molecule has 0 spiro atoms. The van der Waals surface area contributed by atoms with E-state index in [4.69, 9.17) is 4.74 Å². The van der Waals surface area contributed by atoms with Crippen LogP contribution in [0.4, 0.5) is 0 Å². The quantitative estimate of drug-likeness (QED) is 0.831. The van der Waals surface area contributed by atoms with Crippen molar-refractivity contribution in [1.29, 1.82) is 0 Å². The minimum Gasteiger partial charge on any atom is -0.497 e. The zero-order chi connectivity index (χ0) is 15.2. The molecule has 1 heterocycles. The van der Waals surface area contributed by atoms with Crippen molar-refractivity contribution in [3.05, 3.63) is 40.1 Å². The monoisotopic (exact) mass is 352 g/mol. The summed E-state index contributed by atoms with van der Waals surface area (Å²) >= 11 is 3.63. The van der Waals surface area contributed by atoms with E-state index >= 15 is 0 Å². The van der Waals surface area contributed by atoms with Crippen molar-refractivity contribution >= 4 is 15.9 Å². The smallest absolute Gasteiger partial charge is 0.119 e. The second kappa shape index (κ2) is 7.56. The Morgan fingerprint density at radius 1 is 1.38 bits per heavy atom. The first kappa shape index (κ1) is 16.0. The molecule has 0 aliphatic carbocycles. The summed E-state index contributed by atoms with van der Waals surface area (Å²) in [5.74, 6) is 0.839. The highest BCUT2D eigenvalue weighted by atomic mass is 79.9. The van der Waals surface area contributed by atoms with E-state index in [1.54, 1.807) is 7.11 Å². The highest BCUT2D eigenvalue weighted by Crippen LogP contribution is 2.31. The third-order valence-electron chi connectivity index (χ3n) is 3.30. The van der Waals surface area contributed by atoms with Crippen LogP contribution in [0.15, 0.2) is 28.9 Å². The molecule has 1 aromatic carbocycles. The molecule has 21 heavy (non-hydrogen) atoms. The van der Waals surface area contributed by atoms with Crippen LogP contribution in [-0.2, 0) is 6.54 Å². The Morgan fingerprint density at radius 2 is 2.19 bits per heavy atom. The predicted octanol–water partition coefficient (Wildman–Crippen LogP) is 3.16. The number of aryl methyl sites for hydroxylation is 1. The summed E-state index contributed by atoms with van der Waals surface area (Å²) in [6.07, 6.45) is 2.85. The van der Waals surface area contributed by atoms with Crippen LogP contribution in [0.1, 0.15) is 37.6 Å². The minimum atomic E-state index is 0.0287. The van der Waals surface area contributed by atoms with Gasteiger partial charge in [-0.1, -0.05) is 35.0 Å². The summed E-state index contributed by atoms with van der Waals surface area (Å²) in [6.45, 7) is 5.94. The highest BCUT2D eigenvalue weighted by molar-refractivity contribution is 9.10. The van der Waals surface area contributed by atoms with Crippen LogP contribution in [-0.4, -0.2) is 28.6 Å². The zero-order valence-electron chi connectivity index (χ0n) is 12.6. The standard InChI is InChI=1S/C15H21BrN4O/c1-4-8-20-14(10-18-19-20)15(17-5-2)12-9-11(21-3)6-7-13(12)16/h6-7,9-10,15,17H,4-5,8H2,1-3H3. The first-order chi connectivity index (χ1) is 10.2. The van der Waals surface area contributed by atoms with E-state index in [1.807, 2.05) is 29.1 Å². The normalized spacial score (nSPS) is 12.4. The lowest BCUT2D eigenvalue weighted by Gasteiger charge is -2.21. The van der Waals surface area contributed by atoms with Crippen molar-refractivity contribution in [2.45, 2.75) is 32.9 Å².